The predicted molar refractivity (Wildman–Crippen MR) is 111 cm³/mol. The van der Waals surface area contributed by atoms with Crippen LogP contribution in [0.3, 0.4) is 0 Å². The molecule has 0 bridgehead atoms. The molecule has 144 valence electrons. The summed E-state index contributed by atoms with van der Waals surface area (Å²) in [5.74, 6) is -0.128. The van der Waals surface area contributed by atoms with Crippen molar-refractivity contribution in [3.05, 3.63) is 40.3 Å². The first-order chi connectivity index (χ1) is 13.0. The summed E-state index contributed by atoms with van der Waals surface area (Å²) in [6, 6.07) is 8.00. The molecular formula is C19H23N3O3S2. The molecule has 2 saturated heterocycles. The fourth-order valence-corrected chi connectivity index (χ4v) is 4.12. The van der Waals surface area contributed by atoms with E-state index in [2.05, 4.69) is 5.43 Å². The van der Waals surface area contributed by atoms with Gasteiger partial charge in [0, 0.05) is 26.1 Å². The highest BCUT2D eigenvalue weighted by Crippen LogP contribution is 2.32. The molecule has 0 aliphatic carbocycles. The lowest BCUT2D eigenvalue weighted by Crippen LogP contribution is -2.48. The van der Waals surface area contributed by atoms with Crippen LogP contribution in [0.15, 0.2) is 29.2 Å². The van der Waals surface area contributed by atoms with Crippen LogP contribution in [0, 0.1) is 6.92 Å². The number of hydrazine groups is 1. The molecule has 2 aliphatic rings. The molecule has 2 heterocycles. The van der Waals surface area contributed by atoms with E-state index >= 15 is 0 Å². The molecule has 1 N–H and O–H groups in total. The van der Waals surface area contributed by atoms with E-state index < -0.39 is 0 Å². The van der Waals surface area contributed by atoms with E-state index in [-0.39, 0.29) is 11.8 Å². The second kappa shape index (κ2) is 9.45. The van der Waals surface area contributed by atoms with Crippen molar-refractivity contribution in [1.29, 1.82) is 0 Å². The van der Waals surface area contributed by atoms with Gasteiger partial charge in [-0.3, -0.25) is 19.9 Å². The Morgan fingerprint density at radius 2 is 2.00 bits per heavy atom. The number of rotatable bonds is 6. The molecule has 2 aliphatic heterocycles. The minimum atomic E-state index is -0.0841. The molecule has 8 heteroatoms. The van der Waals surface area contributed by atoms with Gasteiger partial charge in [-0.25, -0.2) is 5.01 Å². The minimum absolute atomic E-state index is 0.0439. The van der Waals surface area contributed by atoms with Crippen LogP contribution in [-0.4, -0.2) is 58.9 Å². The summed E-state index contributed by atoms with van der Waals surface area (Å²) < 4.78 is 5.80. The number of carbonyl (C=O) groups is 2. The molecule has 0 aromatic heterocycles. The lowest BCUT2D eigenvalue weighted by molar-refractivity contribution is -0.128. The first kappa shape index (κ1) is 20.0. The molecule has 0 radical (unpaired) electrons. The van der Waals surface area contributed by atoms with Gasteiger partial charge in [-0.2, -0.15) is 0 Å². The van der Waals surface area contributed by atoms with Gasteiger partial charge in [0.25, 0.3) is 5.91 Å². The molecule has 0 saturated carbocycles. The quantitative estimate of drug-likeness (QED) is 0.579. The summed E-state index contributed by atoms with van der Waals surface area (Å²) in [5.41, 5.74) is 5.03. The molecule has 0 unspecified atom stereocenters. The topological polar surface area (TPSA) is 61.9 Å². The standard InChI is InChI=1S/C19H23N3O3S2/c1-14-4-6-15(7-5-14)13-16-18(24)22(19(26)27-16)8-2-3-17(23)20-21-9-11-25-12-10-21/h4-7,13H,2-3,8-12H2,1H3,(H,20,23). The van der Waals surface area contributed by atoms with Crippen molar-refractivity contribution in [1.82, 2.24) is 15.3 Å². The maximum absolute atomic E-state index is 12.6. The van der Waals surface area contributed by atoms with Crippen molar-refractivity contribution in [2.75, 3.05) is 32.8 Å². The maximum Gasteiger partial charge on any atom is 0.266 e. The van der Waals surface area contributed by atoms with Crippen LogP contribution in [0.1, 0.15) is 24.0 Å². The fraction of sp³-hybridized carbons (Fsp3) is 0.421. The van der Waals surface area contributed by atoms with Crippen LogP contribution >= 0.6 is 24.0 Å². The summed E-state index contributed by atoms with van der Waals surface area (Å²) in [6.45, 7) is 5.13. The van der Waals surface area contributed by atoms with Gasteiger partial charge in [0.1, 0.15) is 4.32 Å². The number of benzene rings is 1. The highest BCUT2D eigenvalue weighted by molar-refractivity contribution is 8.26. The largest absolute Gasteiger partial charge is 0.379 e. The normalized spacial score (nSPS) is 19.7. The van der Waals surface area contributed by atoms with Crippen LogP contribution in [0.25, 0.3) is 6.08 Å². The predicted octanol–water partition coefficient (Wildman–Crippen LogP) is 2.34. The molecule has 2 amide bonds. The Bertz CT molecular complexity index is 743. The third kappa shape index (κ3) is 5.62. The Kier molecular flexibility index (Phi) is 7.01. The van der Waals surface area contributed by atoms with Crippen molar-refractivity contribution < 1.29 is 14.3 Å². The summed E-state index contributed by atoms with van der Waals surface area (Å²) in [4.78, 5) is 26.9. The van der Waals surface area contributed by atoms with Crippen molar-refractivity contribution in [2.24, 2.45) is 0 Å². The Morgan fingerprint density at radius 1 is 1.30 bits per heavy atom. The fourth-order valence-electron chi connectivity index (χ4n) is 2.81. The first-order valence-corrected chi connectivity index (χ1v) is 10.2. The van der Waals surface area contributed by atoms with E-state index in [9.17, 15) is 9.59 Å². The van der Waals surface area contributed by atoms with Crippen molar-refractivity contribution in [3.63, 3.8) is 0 Å². The lowest BCUT2D eigenvalue weighted by atomic mass is 10.1. The summed E-state index contributed by atoms with van der Waals surface area (Å²) >= 11 is 6.66. The number of hydrogen-bond donors (Lipinski definition) is 1. The zero-order valence-electron chi connectivity index (χ0n) is 15.3. The van der Waals surface area contributed by atoms with E-state index in [1.807, 2.05) is 42.3 Å². The van der Waals surface area contributed by atoms with E-state index in [0.29, 0.717) is 54.9 Å². The Hall–Kier alpha value is -1.74. The molecule has 0 spiro atoms. The van der Waals surface area contributed by atoms with Crippen molar-refractivity contribution in [3.8, 4) is 0 Å². The zero-order chi connectivity index (χ0) is 19.2. The van der Waals surface area contributed by atoms with Crippen LogP contribution in [0.5, 0.6) is 0 Å². The average molecular weight is 406 g/mol. The number of carbonyl (C=O) groups excluding carboxylic acids is 2. The SMILES string of the molecule is Cc1ccc(C=C2SC(=S)N(CCCC(=O)NN3CCOCC3)C2=O)cc1. The molecule has 27 heavy (non-hydrogen) atoms. The molecule has 6 nitrogen and oxygen atoms in total. The number of thiocarbonyl (C=S) groups is 1. The summed E-state index contributed by atoms with van der Waals surface area (Å²) in [7, 11) is 0. The number of hydrogen-bond acceptors (Lipinski definition) is 6. The highest BCUT2D eigenvalue weighted by atomic mass is 32.2. The lowest BCUT2D eigenvalue weighted by Gasteiger charge is -2.27. The molecule has 3 rings (SSSR count). The third-order valence-electron chi connectivity index (χ3n) is 4.33. The minimum Gasteiger partial charge on any atom is -0.379 e. The van der Waals surface area contributed by atoms with Gasteiger partial charge in [0.15, 0.2) is 0 Å². The maximum atomic E-state index is 12.6. The van der Waals surface area contributed by atoms with Crippen LogP contribution < -0.4 is 5.43 Å². The number of morpholine rings is 1. The molecule has 2 fully saturated rings. The van der Waals surface area contributed by atoms with Gasteiger partial charge in [-0.1, -0.05) is 53.8 Å². The molecule has 0 atom stereocenters. The van der Waals surface area contributed by atoms with E-state index in [4.69, 9.17) is 17.0 Å². The first-order valence-electron chi connectivity index (χ1n) is 8.97. The molecular weight excluding hydrogens is 382 g/mol. The number of nitrogens with one attached hydrogen (secondary N) is 1. The monoisotopic (exact) mass is 405 g/mol. The second-order valence-electron chi connectivity index (χ2n) is 6.48. The third-order valence-corrected chi connectivity index (χ3v) is 5.71. The Balaban J connectivity index is 1.48. The number of ether oxygens (including phenoxy) is 1. The van der Waals surface area contributed by atoms with E-state index in [0.717, 1.165) is 5.56 Å². The van der Waals surface area contributed by atoms with Crippen LogP contribution in [-0.2, 0) is 14.3 Å². The number of nitrogens with zero attached hydrogens (tertiary/aromatic N) is 2. The van der Waals surface area contributed by atoms with Crippen LogP contribution in [0.2, 0.25) is 0 Å². The van der Waals surface area contributed by atoms with Gasteiger partial charge >= 0.3 is 0 Å². The van der Waals surface area contributed by atoms with Gasteiger partial charge in [-0.15, -0.1) is 0 Å². The van der Waals surface area contributed by atoms with Crippen molar-refractivity contribution in [2.45, 2.75) is 19.8 Å². The van der Waals surface area contributed by atoms with Gasteiger partial charge < -0.3 is 4.74 Å². The Labute approximate surface area is 168 Å². The van der Waals surface area contributed by atoms with Gasteiger partial charge in [0.2, 0.25) is 5.91 Å². The van der Waals surface area contributed by atoms with E-state index in [1.54, 1.807) is 4.90 Å². The number of thioether (sulfide) groups is 1. The van der Waals surface area contributed by atoms with Gasteiger partial charge in [-0.05, 0) is 25.0 Å². The molecule has 1 aromatic carbocycles. The smallest absolute Gasteiger partial charge is 0.266 e. The highest BCUT2D eigenvalue weighted by Gasteiger charge is 2.31. The Morgan fingerprint density at radius 3 is 2.70 bits per heavy atom. The number of amides is 2. The summed E-state index contributed by atoms with van der Waals surface area (Å²) in [6.07, 6.45) is 2.79. The second-order valence-corrected chi connectivity index (χ2v) is 8.16. The van der Waals surface area contributed by atoms with E-state index in [1.165, 1.54) is 17.3 Å². The molecule has 1 aromatic rings. The average Bonchev–Trinajstić information content (AvgIpc) is 2.92. The van der Waals surface area contributed by atoms with Crippen LogP contribution in [0.4, 0.5) is 0 Å². The summed E-state index contributed by atoms with van der Waals surface area (Å²) in [5, 5.41) is 1.87. The van der Waals surface area contributed by atoms with Crippen molar-refractivity contribution >= 4 is 46.2 Å². The van der Waals surface area contributed by atoms with Gasteiger partial charge in [0.05, 0.1) is 18.1 Å². The number of aryl methyl sites for hydroxylation is 1. The zero-order valence-corrected chi connectivity index (χ0v) is 16.9.